The Hall–Kier alpha value is -3.34. The van der Waals surface area contributed by atoms with Crippen molar-refractivity contribution in [1.82, 2.24) is 9.97 Å². The lowest BCUT2D eigenvalue weighted by atomic mass is 10.0. The van der Waals surface area contributed by atoms with Gasteiger partial charge in [0, 0.05) is 31.3 Å². The highest BCUT2D eigenvalue weighted by atomic mass is 79.9. The molecule has 0 radical (unpaired) electrons. The summed E-state index contributed by atoms with van der Waals surface area (Å²) in [6.07, 6.45) is 0. The van der Waals surface area contributed by atoms with Crippen molar-refractivity contribution in [3.05, 3.63) is 108 Å². The van der Waals surface area contributed by atoms with Crippen LogP contribution >= 0.6 is 27.3 Å². The number of hydrogen-bond donors (Lipinski definition) is 0. The zero-order valence-electron chi connectivity index (χ0n) is 17.0. The molecule has 0 bridgehead atoms. The molecule has 2 aromatic heterocycles. The predicted octanol–water partition coefficient (Wildman–Crippen LogP) is 8.61. The van der Waals surface area contributed by atoms with Crippen LogP contribution in [0.3, 0.4) is 0 Å². The van der Waals surface area contributed by atoms with Gasteiger partial charge in [-0.05, 0) is 39.2 Å². The minimum atomic E-state index is 0.591. The number of aromatic nitrogens is 2. The van der Waals surface area contributed by atoms with E-state index in [9.17, 15) is 0 Å². The molecule has 0 unspecified atom stereocenters. The van der Waals surface area contributed by atoms with Crippen LogP contribution in [0.5, 0.6) is 0 Å². The van der Waals surface area contributed by atoms with Crippen molar-refractivity contribution < 1.29 is 0 Å². The molecule has 0 saturated carbocycles. The van der Waals surface area contributed by atoms with E-state index >= 15 is 0 Å². The third-order valence-electron chi connectivity index (χ3n) is 5.66. The van der Waals surface area contributed by atoms with Crippen LogP contribution in [-0.2, 0) is 0 Å². The van der Waals surface area contributed by atoms with Crippen LogP contribution in [0.4, 0.5) is 0 Å². The molecule has 0 aliphatic carbocycles. The fourth-order valence-corrected chi connectivity index (χ4v) is 5.74. The van der Waals surface area contributed by atoms with Crippen LogP contribution in [0.1, 0.15) is 0 Å². The number of benzene rings is 4. The molecular weight excluding hydrogens is 476 g/mol. The summed E-state index contributed by atoms with van der Waals surface area (Å²) in [7, 11) is 0. The Labute approximate surface area is 198 Å². The second-order valence-electron chi connectivity index (χ2n) is 7.63. The van der Waals surface area contributed by atoms with Crippen molar-refractivity contribution in [3.8, 4) is 33.6 Å². The van der Waals surface area contributed by atoms with Crippen LogP contribution < -0.4 is 0 Å². The fraction of sp³-hybridized carbons (Fsp3) is 0. The van der Waals surface area contributed by atoms with Crippen LogP contribution in [0.25, 0.3) is 53.8 Å². The average molecular weight is 493 g/mol. The van der Waals surface area contributed by atoms with Crippen molar-refractivity contribution in [2.45, 2.75) is 0 Å². The van der Waals surface area contributed by atoms with E-state index in [-0.39, 0.29) is 0 Å². The molecule has 0 fully saturated rings. The van der Waals surface area contributed by atoms with Gasteiger partial charge >= 0.3 is 0 Å². The largest absolute Gasteiger partial charge is 0.222 e. The molecule has 0 amide bonds. The smallest absolute Gasteiger partial charge is 0.197 e. The van der Waals surface area contributed by atoms with Crippen molar-refractivity contribution in [2.24, 2.45) is 0 Å². The molecule has 4 aromatic carbocycles. The first-order valence-electron chi connectivity index (χ1n) is 10.4. The Morgan fingerprint density at radius 2 is 1.19 bits per heavy atom. The van der Waals surface area contributed by atoms with Crippen molar-refractivity contribution >= 4 is 47.4 Å². The van der Waals surface area contributed by atoms with Gasteiger partial charge in [-0.3, -0.25) is 0 Å². The molecular formula is C28H17BrN2S. The molecule has 0 N–H and O–H groups in total. The molecule has 0 atom stereocenters. The second kappa shape index (κ2) is 7.97. The van der Waals surface area contributed by atoms with Gasteiger partial charge in [-0.2, -0.15) is 0 Å². The number of hydrogen-bond acceptors (Lipinski definition) is 3. The van der Waals surface area contributed by atoms with Gasteiger partial charge < -0.3 is 0 Å². The first-order valence-corrected chi connectivity index (χ1v) is 12.0. The van der Waals surface area contributed by atoms with E-state index in [1.165, 1.54) is 31.3 Å². The van der Waals surface area contributed by atoms with Crippen LogP contribution in [0.2, 0.25) is 0 Å². The SMILES string of the molecule is Brc1nc(-c2ccccc2)cc(-c2ccc(-c3cccc4c3sc3ccccc34)cc2)n1. The molecule has 0 aliphatic heterocycles. The van der Waals surface area contributed by atoms with Crippen LogP contribution in [0.15, 0.2) is 108 Å². The maximum Gasteiger partial charge on any atom is 0.197 e. The van der Waals surface area contributed by atoms with E-state index in [0.29, 0.717) is 4.73 Å². The molecule has 6 rings (SSSR count). The van der Waals surface area contributed by atoms with E-state index in [1.807, 2.05) is 35.6 Å². The van der Waals surface area contributed by atoms with Crippen molar-refractivity contribution in [2.75, 3.05) is 0 Å². The minimum Gasteiger partial charge on any atom is -0.222 e. The van der Waals surface area contributed by atoms with Gasteiger partial charge in [0.2, 0.25) is 0 Å². The minimum absolute atomic E-state index is 0.591. The van der Waals surface area contributed by atoms with E-state index in [2.05, 4.69) is 105 Å². The number of halogens is 1. The first-order chi connectivity index (χ1) is 15.8. The van der Waals surface area contributed by atoms with Crippen LogP contribution in [0, 0.1) is 0 Å². The summed E-state index contributed by atoms with van der Waals surface area (Å²) in [6.45, 7) is 0. The fourth-order valence-electron chi connectivity index (χ4n) is 4.12. The second-order valence-corrected chi connectivity index (χ2v) is 9.39. The van der Waals surface area contributed by atoms with Crippen molar-refractivity contribution in [1.29, 1.82) is 0 Å². The number of nitrogens with zero attached hydrogens (tertiary/aromatic N) is 2. The Kier molecular flexibility index (Phi) is 4.82. The topological polar surface area (TPSA) is 25.8 Å². The van der Waals surface area contributed by atoms with E-state index in [1.54, 1.807) is 0 Å². The number of rotatable bonds is 3. The molecule has 6 aromatic rings. The molecule has 0 spiro atoms. The zero-order valence-corrected chi connectivity index (χ0v) is 19.4. The Bertz CT molecular complexity index is 1570. The van der Waals surface area contributed by atoms with Gasteiger partial charge in [-0.15, -0.1) is 11.3 Å². The van der Waals surface area contributed by atoms with E-state index in [0.717, 1.165) is 22.5 Å². The van der Waals surface area contributed by atoms with Gasteiger partial charge in [0.1, 0.15) is 0 Å². The highest BCUT2D eigenvalue weighted by Gasteiger charge is 2.11. The maximum absolute atomic E-state index is 4.62. The van der Waals surface area contributed by atoms with E-state index < -0.39 is 0 Å². The lowest BCUT2D eigenvalue weighted by molar-refractivity contribution is 1.12. The van der Waals surface area contributed by atoms with Crippen LogP contribution in [-0.4, -0.2) is 9.97 Å². The summed E-state index contributed by atoms with van der Waals surface area (Å²) in [6, 6.07) is 36.1. The average Bonchev–Trinajstić information content (AvgIpc) is 3.23. The van der Waals surface area contributed by atoms with Gasteiger partial charge in [-0.25, -0.2) is 9.97 Å². The summed E-state index contributed by atoms with van der Waals surface area (Å²) >= 11 is 5.34. The lowest BCUT2D eigenvalue weighted by Crippen LogP contribution is -1.92. The molecule has 4 heteroatoms. The summed E-state index contributed by atoms with van der Waals surface area (Å²) < 4.78 is 3.25. The van der Waals surface area contributed by atoms with Crippen molar-refractivity contribution in [3.63, 3.8) is 0 Å². The lowest BCUT2D eigenvalue weighted by Gasteiger charge is -2.08. The first kappa shape index (κ1) is 19.4. The summed E-state index contributed by atoms with van der Waals surface area (Å²) in [5.74, 6) is 0. The molecule has 2 heterocycles. The van der Waals surface area contributed by atoms with Gasteiger partial charge in [0.05, 0.1) is 11.4 Å². The highest BCUT2D eigenvalue weighted by Crippen LogP contribution is 2.40. The Balaban J connectivity index is 1.42. The molecule has 32 heavy (non-hydrogen) atoms. The molecule has 152 valence electrons. The maximum atomic E-state index is 4.62. The highest BCUT2D eigenvalue weighted by molar-refractivity contribution is 9.10. The predicted molar refractivity (Wildman–Crippen MR) is 139 cm³/mol. The Morgan fingerprint density at radius 1 is 0.562 bits per heavy atom. The quantitative estimate of drug-likeness (QED) is 0.231. The van der Waals surface area contributed by atoms with Gasteiger partial charge in [0.15, 0.2) is 4.73 Å². The molecule has 0 aliphatic rings. The zero-order chi connectivity index (χ0) is 21.5. The third kappa shape index (κ3) is 3.42. The summed E-state index contributed by atoms with van der Waals surface area (Å²) in [5.41, 5.74) is 6.42. The monoisotopic (exact) mass is 492 g/mol. The van der Waals surface area contributed by atoms with Gasteiger partial charge in [-0.1, -0.05) is 91.0 Å². The van der Waals surface area contributed by atoms with E-state index in [4.69, 9.17) is 0 Å². The molecule has 0 saturated heterocycles. The normalized spacial score (nSPS) is 11.3. The summed E-state index contributed by atoms with van der Waals surface area (Å²) in [4.78, 5) is 9.17. The number of fused-ring (bicyclic) bond motifs is 3. The third-order valence-corrected chi connectivity index (χ3v) is 7.24. The Morgan fingerprint density at radius 3 is 1.97 bits per heavy atom. The summed E-state index contributed by atoms with van der Waals surface area (Å²) in [5, 5.41) is 2.64. The standard InChI is InChI=1S/C28H17BrN2S/c29-28-30-24(19-7-2-1-3-8-19)17-25(31-28)20-15-13-18(14-16-20)21-10-6-11-23-22-9-4-5-12-26(22)32-27(21)23/h1-17H. The molecule has 2 nitrogen and oxygen atoms in total. The number of thiophene rings is 1. The van der Waals surface area contributed by atoms with Gasteiger partial charge in [0.25, 0.3) is 0 Å².